The van der Waals surface area contributed by atoms with Gasteiger partial charge < -0.3 is 15.3 Å². The number of anilines is 1. The van der Waals surface area contributed by atoms with E-state index in [0.29, 0.717) is 12.0 Å². The molecule has 3 nitrogen and oxygen atoms in total. The summed E-state index contributed by atoms with van der Waals surface area (Å²) in [6.07, 6.45) is 0.798. The minimum atomic E-state index is -0.254. The largest absolute Gasteiger partial charge is 0.393 e. The maximum Gasteiger partial charge on any atom is 0.0557 e. The molecule has 3 atom stereocenters. The van der Waals surface area contributed by atoms with Gasteiger partial charge in [-0.25, -0.2) is 0 Å². The molecule has 21 heavy (non-hydrogen) atoms. The van der Waals surface area contributed by atoms with Crippen LogP contribution in [0.15, 0.2) is 30.3 Å². The zero-order chi connectivity index (χ0) is 15.5. The van der Waals surface area contributed by atoms with Crippen molar-refractivity contribution < 1.29 is 5.11 Å². The number of hydrogen-bond acceptors (Lipinski definition) is 3. The maximum absolute atomic E-state index is 10.0. The molecular weight excluding hydrogens is 260 g/mol. The van der Waals surface area contributed by atoms with E-state index < -0.39 is 0 Å². The third-order valence-corrected chi connectivity index (χ3v) is 4.21. The molecule has 1 aromatic carbocycles. The Labute approximate surface area is 129 Å². The predicted octanol–water partition coefficient (Wildman–Crippen LogP) is 2.90. The molecule has 118 valence electrons. The third-order valence-electron chi connectivity index (χ3n) is 4.21. The van der Waals surface area contributed by atoms with Crippen molar-refractivity contribution in [1.29, 1.82) is 0 Å². The lowest BCUT2D eigenvalue weighted by Crippen LogP contribution is -2.52. The topological polar surface area (TPSA) is 35.5 Å². The molecule has 0 aliphatic carbocycles. The fourth-order valence-electron chi connectivity index (χ4n) is 2.94. The minimum Gasteiger partial charge on any atom is -0.393 e. The molecule has 3 heteroatoms. The van der Waals surface area contributed by atoms with Gasteiger partial charge in [-0.2, -0.15) is 0 Å². The van der Waals surface area contributed by atoms with Crippen molar-refractivity contribution in [3.05, 3.63) is 30.3 Å². The average Bonchev–Trinajstić information content (AvgIpc) is 2.45. The first kappa shape index (κ1) is 16.3. The van der Waals surface area contributed by atoms with Gasteiger partial charge >= 0.3 is 0 Å². The summed E-state index contributed by atoms with van der Waals surface area (Å²) in [5, 5.41) is 13.7. The Hall–Kier alpha value is -1.06. The second-order valence-electron chi connectivity index (χ2n) is 7.62. The number of nitrogens with zero attached hydrogens (tertiary/aromatic N) is 1. The van der Waals surface area contributed by atoms with E-state index in [1.165, 1.54) is 5.69 Å². The lowest BCUT2D eigenvalue weighted by Gasteiger charge is -2.41. The van der Waals surface area contributed by atoms with Crippen molar-refractivity contribution in [3.8, 4) is 0 Å². The molecule has 0 amide bonds. The highest BCUT2D eigenvalue weighted by atomic mass is 16.3. The number of piperidine rings is 1. The second kappa shape index (κ2) is 6.80. The van der Waals surface area contributed by atoms with Gasteiger partial charge in [-0.1, -0.05) is 39.0 Å². The van der Waals surface area contributed by atoms with Crippen LogP contribution in [-0.2, 0) is 0 Å². The lowest BCUT2D eigenvalue weighted by molar-refractivity contribution is 0.105. The van der Waals surface area contributed by atoms with Crippen LogP contribution in [0.25, 0.3) is 0 Å². The summed E-state index contributed by atoms with van der Waals surface area (Å²) in [7, 11) is 0. The van der Waals surface area contributed by atoms with E-state index in [1.54, 1.807) is 0 Å². The van der Waals surface area contributed by atoms with Crippen LogP contribution < -0.4 is 10.2 Å². The highest BCUT2D eigenvalue weighted by Gasteiger charge is 2.30. The number of aliphatic hydroxyl groups is 1. The lowest BCUT2D eigenvalue weighted by atomic mass is 9.88. The van der Waals surface area contributed by atoms with Crippen molar-refractivity contribution in [2.75, 3.05) is 24.5 Å². The molecule has 1 aromatic rings. The Bertz CT molecular complexity index is 425. The Morgan fingerprint density at radius 2 is 1.90 bits per heavy atom. The number of rotatable bonds is 4. The first-order valence-corrected chi connectivity index (χ1v) is 8.06. The molecule has 0 bridgehead atoms. The van der Waals surface area contributed by atoms with Crippen molar-refractivity contribution in [1.82, 2.24) is 5.32 Å². The van der Waals surface area contributed by atoms with Crippen molar-refractivity contribution >= 4 is 5.69 Å². The maximum atomic E-state index is 10.0. The molecular formula is C18H30N2O. The SMILES string of the molecule is CC(O)C1CC(NCC(C)(C)C)CN(c2ccccc2)C1. The van der Waals surface area contributed by atoms with Crippen LogP contribution in [-0.4, -0.2) is 36.9 Å². The van der Waals surface area contributed by atoms with Crippen LogP contribution in [0.1, 0.15) is 34.1 Å². The first-order chi connectivity index (χ1) is 9.85. The number of para-hydroxylation sites is 1. The standard InChI is InChI=1S/C18H30N2O/c1-14(21)15-10-16(19-13-18(2,3)4)12-20(11-15)17-8-6-5-7-9-17/h5-9,14-16,19,21H,10-13H2,1-4H3. The number of aliphatic hydroxyl groups excluding tert-OH is 1. The van der Waals surface area contributed by atoms with E-state index in [1.807, 2.05) is 6.92 Å². The minimum absolute atomic E-state index is 0.254. The smallest absolute Gasteiger partial charge is 0.0557 e. The van der Waals surface area contributed by atoms with Gasteiger partial charge in [0.1, 0.15) is 0 Å². The quantitative estimate of drug-likeness (QED) is 0.895. The Morgan fingerprint density at radius 1 is 1.24 bits per heavy atom. The average molecular weight is 290 g/mol. The summed E-state index contributed by atoms with van der Waals surface area (Å²) >= 11 is 0. The zero-order valence-corrected chi connectivity index (χ0v) is 13.8. The molecule has 2 N–H and O–H groups in total. The Morgan fingerprint density at radius 3 is 2.48 bits per heavy atom. The fraction of sp³-hybridized carbons (Fsp3) is 0.667. The van der Waals surface area contributed by atoms with Crippen LogP contribution in [0.4, 0.5) is 5.69 Å². The number of hydrogen-bond donors (Lipinski definition) is 2. The van der Waals surface area contributed by atoms with Crippen LogP contribution in [0.2, 0.25) is 0 Å². The summed E-state index contributed by atoms with van der Waals surface area (Å²) in [4.78, 5) is 2.40. The highest BCUT2D eigenvalue weighted by Crippen LogP contribution is 2.25. The van der Waals surface area contributed by atoms with Gasteiger partial charge in [0.15, 0.2) is 0 Å². The third kappa shape index (κ3) is 5.01. The molecule has 3 unspecified atom stereocenters. The molecule has 2 rings (SSSR count). The van der Waals surface area contributed by atoms with Crippen molar-refractivity contribution in [2.45, 2.75) is 46.3 Å². The molecule has 1 aliphatic rings. The molecule has 1 heterocycles. The zero-order valence-electron chi connectivity index (χ0n) is 13.8. The molecule has 0 aromatic heterocycles. The van der Waals surface area contributed by atoms with Gasteiger partial charge in [0.25, 0.3) is 0 Å². The van der Waals surface area contributed by atoms with Gasteiger partial charge in [0, 0.05) is 37.3 Å². The highest BCUT2D eigenvalue weighted by molar-refractivity contribution is 5.46. The molecule has 0 radical (unpaired) electrons. The monoisotopic (exact) mass is 290 g/mol. The van der Waals surface area contributed by atoms with Crippen LogP contribution in [0.3, 0.4) is 0 Å². The van der Waals surface area contributed by atoms with Crippen LogP contribution in [0, 0.1) is 11.3 Å². The summed E-state index contributed by atoms with van der Waals surface area (Å²) in [6, 6.07) is 11.0. The summed E-state index contributed by atoms with van der Waals surface area (Å²) < 4.78 is 0. The number of benzene rings is 1. The Balaban J connectivity index is 2.05. The summed E-state index contributed by atoms with van der Waals surface area (Å²) in [5.41, 5.74) is 1.54. The van der Waals surface area contributed by atoms with Gasteiger partial charge in [-0.3, -0.25) is 0 Å². The fourth-order valence-corrected chi connectivity index (χ4v) is 2.94. The summed E-state index contributed by atoms with van der Waals surface area (Å²) in [5.74, 6) is 0.330. The van der Waals surface area contributed by atoms with E-state index in [-0.39, 0.29) is 11.5 Å². The van der Waals surface area contributed by atoms with Gasteiger partial charge in [0.2, 0.25) is 0 Å². The van der Waals surface area contributed by atoms with E-state index in [2.05, 4.69) is 61.3 Å². The summed E-state index contributed by atoms with van der Waals surface area (Å²) in [6.45, 7) is 11.6. The van der Waals surface area contributed by atoms with Gasteiger partial charge in [-0.15, -0.1) is 0 Å². The van der Waals surface area contributed by atoms with E-state index >= 15 is 0 Å². The number of nitrogens with one attached hydrogen (secondary N) is 1. The van der Waals surface area contributed by atoms with Crippen molar-refractivity contribution in [3.63, 3.8) is 0 Å². The predicted molar refractivity (Wildman–Crippen MR) is 89.7 cm³/mol. The Kier molecular flexibility index (Phi) is 5.28. The molecule has 1 aliphatic heterocycles. The van der Waals surface area contributed by atoms with Gasteiger partial charge in [-0.05, 0) is 30.9 Å². The normalized spacial score (nSPS) is 24.9. The van der Waals surface area contributed by atoms with Crippen LogP contribution >= 0.6 is 0 Å². The first-order valence-electron chi connectivity index (χ1n) is 8.06. The molecule has 1 saturated heterocycles. The van der Waals surface area contributed by atoms with Crippen LogP contribution in [0.5, 0.6) is 0 Å². The van der Waals surface area contributed by atoms with Gasteiger partial charge in [0.05, 0.1) is 6.10 Å². The van der Waals surface area contributed by atoms with E-state index in [9.17, 15) is 5.11 Å². The molecule has 1 fully saturated rings. The molecule has 0 spiro atoms. The van der Waals surface area contributed by atoms with E-state index in [4.69, 9.17) is 0 Å². The van der Waals surface area contributed by atoms with Crippen molar-refractivity contribution in [2.24, 2.45) is 11.3 Å². The molecule has 0 saturated carbocycles. The van der Waals surface area contributed by atoms with E-state index in [0.717, 1.165) is 26.1 Å². The second-order valence-corrected chi connectivity index (χ2v) is 7.62.